The van der Waals surface area contributed by atoms with Gasteiger partial charge in [0.05, 0.1) is 13.2 Å². The molecule has 0 aliphatic rings. The monoisotopic (exact) mass is 536 g/mol. The van der Waals surface area contributed by atoms with E-state index in [2.05, 4.69) is 15.4 Å². The SMILES string of the molecule is COC(=O)CNC(=O)C(c1c(C)cccc1C)N(CC#N)C(=O)C(Cc1ccccc1)NC(=O)OC(C)(C)C. The minimum Gasteiger partial charge on any atom is -0.468 e. The molecule has 0 aliphatic heterocycles. The second kappa shape index (κ2) is 14.0. The normalized spacial score (nSPS) is 12.3. The number of carbonyl (C=O) groups excluding carboxylic acids is 4. The third kappa shape index (κ3) is 9.14. The Morgan fingerprint density at radius 1 is 1.00 bits per heavy atom. The lowest BCUT2D eigenvalue weighted by atomic mass is 9.93. The lowest BCUT2D eigenvalue weighted by molar-refractivity contribution is -0.144. The molecule has 0 saturated heterocycles. The fourth-order valence-corrected chi connectivity index (χ4v) is 4.09. The lowest BCUT2D eigenvalue weighted by Gasteiger charge is -2.34. The number of alkyl carbamates (subject to hydrolysis) is 1. The van der Waals surface area contributed by atoms with Crippen LogP contribution in [0.25, 0.3) is 0 Å². The van der Waals surface area contributed by atoms with E-state index in [4.69, 9.17) is 4.74 Å². The first-order valence-corrected chi connectivity index (χ1v) is 12.5. The standard InChI is InChI=1S/C29H36N4O6/c1-19-11-10-12-20(2)24(19)25(26(35)31-18-23(34)38-6)33(16-15-30)27(36)22(17-21-13-8-7-9-14-21)32-28(37)39-29(3,4)5/h7-14,22,25H,16-18H2,1-6H3,(H,31,35)(H,32,37). The maximum absolute atomic E-state index is 14.1. The number of hydrogen-bond donors (Lipinski definition) is 2. The van der Waals surface area contributed by atoms with Gasteiger partial charge in [-0.05, 0) is 56.9 Å². The van der Waals surface area contributed by atoms with Crippen molar-refractivity contribution in [2.45, 2.75) is 58.7 Å². The Labute approximate surface area is 229 Å². The average Bonchev–Trinajstić information content (AvgIpc) is 2.87. The van der Waals surface area contributed by atoms with Gasteiger partial charge in [0.25, 0.3) is 0 Å². The predicted octanol–water partition coefficient (Wildman–Crippen LogP) is 3.12. The van der Waals surface area contributed by atoms with Crippen molar-refractivity contribution in [2.24, 2.45) is 0 Å². The van der Waals surface area contributed by atoms with Crippen LogP contribution in [0.5, 0.6) is 0 Å². The Morgan fingerprint density at radius 3 is 2.15 bits per heavy atom. The summed E-state index contributed by atoms with van der Waals surface area (Å²) in [7, 11) is 1.19. The van der Waals surface area contributed by atoms with Gasteiger partial charge in [-0.25, -0.2) is 4.79 Å². The van der Waals surface area contributed by atoms with Crippen LogP contribution >= 0.6 is 0 Å². The molecular formula is C29H36N4O6. The van der Waals surface area contributed by atoms with E-state index >= 15 is 0 Å². The molecule has 0 fully saturated rings. The summed E-state index contributed by atoms with van der Waals surface area (Å²) in [5.74, 6) is -2.00. The van der Waals surface area contributed by atoms with Crippen molar-refractivity contribution in [2.75, 3.05) is 20.2 Å². The van der Waals surface area contributed by atoms with Crippen molar-refractivity contribution in [1.82, 2.24) is 15.5 Å². The number of aryl methyl sites for hydroxylation is 2. The molecule has 10 heteroatoms. The zero-order chi connectivity index (χ0) is 29.2. The topological polar surface area (TPSA) is 138 Å². The zero-order valence-corrected chi connectivity index (χ0v) is 23.2. The maximum atomic E-state index is 14.1. The number of nitrogens with one attached hydrogen (secondary N) is 2. The van der Waals surface area contributed by atoms with Crippen molar-refractivity contribution in [3.63, 3.8) is 0 Å². The maximum Gasteiger partial charge on any atom is 0.408 e. The molecule has 2 atom stereocenters. The number of benzene rings is 2. The molecule has 10 nitrogen and oxygen atoms in total. The predicted molar refractivity (Wildman–Crippen MR) is 144 cm³/mol. The Kier molecular flexibility index (Phi) is 11.0. The molecule has 0 saturated carbocycles. The van der Waals surface area contributed by atoms with Crippen LogP contribution in [0.1, 0.15) is 49.1 Å². The highest BCUT2D eigenvalue weighted by Crippen LogP contribution is 2.28. The van der Waals surface area contributed by atoms with Crippen LogP contribution < -0.4 is 10.6 Å². The number of ether oxygens (including phenoxy) is 2. The van der Waals surface area contributed by atoms with E-state index in [0.717, 1.165) is 10.5 Å². The number of rotatable bonds is 10. The van der Waals surface area contributed by atoms with Gasteiger partial charge in [-0.15, -0.1) is 0 Å². The van der Waals surface area contributed by atoms with Crippen molar-refractivity contribution in [3.8, 4) is 6.07 Å². The smallest absolute Gasteiger partial charge is 0.408 e. The summed E-state index contributed by atoms with van der Waals surface area (Å²) in [6.45, 7) is 7.80. The van der Waals surface area contributed by atoms with Gasteiger partial charge in [0.15, 0.2) is 0 Å². The molecule has 0 radical (unpaired) electrons. The molecule has 2 aromatic carbocycles. The highest BCUT2D eigenvalue weighted by Gasteiger charge is 2.37. The van der Waals surface area contributed by atoms with Gasteiger partial charge < -0.3 is 25.0 Å². The van der Waals surface area contributed by atoms with Crippen molar-refractivity contribution < 1.29 is 28.7 Å². The fraction of sp³-hybridized carbons (Fsp3) is 0.414. The molecule has 0 bridgehead atoms. The molecule has 208 valence electrons. The number of nitrogens with zero attached hydrogens (tertiary/aromatic N) is 2. The van der Waals surface area contributed by atoms with Gasteiger partial charge in [0, 0.05) is 6.42 Å². The third-order valence-electron chi connectivity index (χ3n) is 5.81. The summed E-state index contributed by atoms with van der Waals surface area (Å²) in [6, 6.07) is 14.0. The molecule has 0 aliphatic carbocycles. The number of carbonyl (C=O) groups is 4. The van der Waals surface area contributed by atoms with Crippen LogP contribution in [0, 0.1) is 25.2 Å². The largest absolute Gasteiger partial charge is 0.468 e. The van der Waals surface area contributed by atoms with Gasteiger partial charge in [0.1, 0.15) is 30.8 Å². The van der Waals surface area contributed by atoms with E-state index in [9.17, 15) is 24.4 Å². The van der Waals surface area contributed by atoms with Crippen LogP contribution in [0.15, 0.2) is 48.5 Å². The number of methoxy groups -OCH3 is 1. The average molecular weight is 537 g/mol. The van der Waals surface area contributed by atoms with E-state index in [-0.39, 0.29) is 6.42 Å². The van der Waals surface area contributed by atoms with E-state index < -0.39 is 54.7 Å². The summed E-state index contributed by atoms with van der Waals surface area (Å²) < 4.78 is 10.0. The van der Waals surface area contributed by atoms with Crippen molar-refractivity contribution in [3.05, 3.63) is 70.8 Å². The number of amides is 3. The van der Waals surface area contributed by atoms with Gasteiger partial charge in [-0.3, -0.25) is 14.4 Å². The van der Waals surface area contributed by atoms with E-state index in [1.807, 2.05) is 18.2 Å². The van der Waals surface area contributed by atoms with E-state index in [0.29, 0.717) is 16.7 Å². The molecule has 0 spiro atoms. The van der Waals surface area contributed by atoms with E-state index in [1.54, 1.807) is 71.0 Å². The van der Waals surface area contributed by atoms with Crippen LogP contribution in [0.2, 0.25) is 0 Å². The first-order chi connectivity index (χ1) is 18.4. The van der Waals surface area contributed by atoms with Crippen LogP contribution in [0.4, 0.5) is 4.79 Å². The van der Waals surface area contributed by atoms with Gasteiger partial charge in [-0.2, -0.15) is 5.26 Å². The number of esters is 1. The molecule has 2 N–H and O–H groups in total. The zero-order valence-electron chi connectivity index (χ0n) is 23.2. The molecule has 3 amide bonds. The molecular weight excluding hydrogens is 500 g/mol. The summed E-state index contributed by atoms with van der Waals surface area (Å²) >= 11 is 0. The highest BCUT2D eigenvalue weighted by molar-refractivity contribution is 5.94. The molecule has 2 rings (SSSR count). The van der Waals surface area contributed by atoms with Crippen LogP contribution in [0.3, 0.4) is 0 Å². The second-order valence-corrected chi connectivity index (χ2v) is 10.0. The Balaban J connectivity index is 2.58. The molecule has 39 heavy (non-hydrogen) atoms. The molecule has 0 heterocycles. The minimum absolute atomic E-state index is 0.0874. The van der Waals surface area contributed by atoms with Crippen LogP contribution in [-0.2, 0) is 30.3 Å². The highest BCUT2D eigenvalue weighted by atomic mass is 16.6. The summed E-state index contributed by atoms with van der Waals surface area (Å²) in [5.41, 5.74) is 1.87. The summed E-state index contributed by atoms with van der Waals surface area (Å²) in [5, 5.41) is 14.8. The van der Waals surface area contributed by atoms with Crippen molar-refractivity contribution >= 4 is 23.9 Å². The minimum atomic E-state index is -1.26. The Morgan fingerprint density at radius 2 is 1.62 bits per heavy atom. The quantitative estimate of drug-likeness (QED) is 0.351. The summed E-state index contributed by atoms with van der Waals surface area (Å²) in [4.78, 5) is 53.3. The molecule has 0 aromatic heterocycles. The van der Waals surface area contributed by atoms with Crippen molar-refractivity contribution in [1.29, 1.82) is 5.26 Å². The third-order valence-corrected chi connectivity index (χ3v) is 5.81. The summed E-state index contributed by atoms with van der Waals surface area (Å²) in [6.07, 6.45) is -0.725. The van der Waals surface area contributed by atoms with Crippen LogP contribution in [-0.4, -0.2) is 60.6 Å². The number of hydrogen-bond acceptors (Lipinski definition) is 7. The fourth-order valence-electron chi connectivity index (χ4n) is 4.09. The Hall–Kier alpha value is -4.39. The molecule has 2 unspecified atom stereocenters. The van der Waals surface area contributed by atoms with Gasteiger partial charge in [0.2, 0.25) is 11.8 Å². The second-order valence-electron chi connectivity index (χ2n) is 10.0. The number of nitriles is 1. The Bertz CT molecular complexity index is 1200. The molecule has 2 aromatic rings. The first kappa shape index (κ1) is 30.8. The van der Waals surface area contributed by atoms with Gasteiger partial charge in [-0.1, -0.05) is 48.5 Å². The van der Waals surface area contributed by atoms with Gasteiger partial charge >= 0.3 is 12.1 Å². The van der Waals surface area contributed by atoms with E-state index in [1.165, 1.54) is 7.11 Å². The lowest BCUT2D eigenvalue weighted by Crippen LogP contribution is -2.54. The first-order valence-electron chi connectivity index (χ1n) is 12.5.